The Morgan fingerprint density at radius 1 is 1.48 bits per heavy atom. The molecule has 1 N–H and O–H groups in total. The van der Waals surface area contributed by atoms with Crippen molar-refractivity contribution in [2.45, 2.75) is 19.3 Å². The van der Waals surface area contributed by atoms with Crippen LogP contribution in [0.4, 0.5) is 0 Å². The number of carbonyl (C=O) groups is 2. The van der Waals surface area contributed by atoms with Crippen LogP contribution in [-0.4, -0.2) is 24.2 Å². The molecule has 0 fully saturated rings. The van der Waals surface area contributed by atoms with Crippen LogP contribution >= 0.6 is 27.7 Å². The van der Waals surface area contributed by atoms with Gasteiger partial charge in [-0.3, -0.25) is 9.59 Å². The summed E-state index contributed by atoms with van der Waals surface area (Å²) in [5, 5.41) is 12.6. The predicted molar refractivity (Wildman–Crippen MR) is 91.4 cm³/mol. The summed E-state index contributed by atoms with van der Waals surface area (Å²) in [5.74, 6) is -0.779. The molecule has 2 rings (SSSR count). The third-order valence-electron chi connectivity index (χ3n) is 3.27. The highest BCUT2D eigenvalue weighted by molar-refractivity contribution is 9.10. The second-order valence-corrected chi connectivity index (χ2v) is 6.71. The molecule has 0 saturated carbocycles. The van der Waals surface area contributed by atoms with Gasteiger partial charge in [-0.1, -0.05) is 39.8 Å². The number of nitriles is 1. The highest BCUT2D eigenvalue weighted by Crippen LogP contribution is 2.36. The number of halogens is 1. The van der Waals surface area contributed by atoms with Crippen LogP contribution in [0, 0.1) is 11.3 Å². The van der Waals surface area contributed by atoms with E-state index in [-0.39, 0.29) is 30.0 Å². The number of amides is 1. The van der Waals surface area contributed by atoms with Gasteiger partial charge in [0, 0.05) is 16.8 Å². The standard InChI is InChI=1S/C16H15BrN2O3S/c1-2-22-15(21)9-23-16-13(8-18)12(7-14(20)19-16)10-3-5-11(17)6-4-10/h3-6,12H,2,7,9H2,1H3,(H,19,20)/t12-/m1/s1. The van der Waals surface area contributed by atoms with Crippen molar-refractivity contribution in [2.24, 2.45) is 0 Å². The van der Waals surface area contributed by atoms with E-state index in [1.165, 1.54) is 0 Å². The number of rotatable bonds is 5. The summed E-state index contributed by atoms with van der Waals surface area (Å²) in [6, 6.07) is 9.70. The molecule has 1 aromatic rings. The molecule has 0 radical (unpaired) electrons. The van der Waals surface area contributed by atoms with Crippen LogP contribution in [0.5, 0.6) is 0 Å². The van der Waals surface area contributed by atoms with Crippen LogP contribution in [0.1, 0.15) is 24.8 Å². The Balaban J connectivity index is 2.26. The van der Waals surface area contributed by atoms with E-state index < -0.39 is 0 Å². The molecule has 0 spiro atoms. The number of hydrogen-bond donors (Lipinski definition) is 1. The number of ether oxygens (including phenoxy) is 1. The maximum Gasteiger partial charge on any atom is 0.316 e. The van der Waals surface area contributed by atoms with Gasteiger partial charge in [-0.2, -0.15) is 5.26 Å². The minimum atomic E-state index is -0.373. The summed E-state index contributed by atoms with van der Waals surface area (Å²) < 4.78 is 5.80. The van der Waals surface area contributed by atoms with E-state index in [1.807, 2.05) is 24.3 Å². The molecule has 7 heteroatoms. The molecular weight excluding hydrogens is 380 g/mol. The van der Waals surface area contributed by atoms with E-state index >= 15 is 0 Å². The first-order valence-electron chi connectivity index (χ1n) is 7.03. The third-order valence-corrected chi connectivity index (χ3v) is 4.79. The summed E-state index contributed by atoms with van der Waals surface area (Å²) in [6.07, 6.45) is 0.216. The van der Waals surface area contributed by atoms with Crippen molar-refractivity contribution in [1.29, 1.82) is 5.26 Å². The molecule has 1 aliphatic heterocycles. The molecule has 1 aliphatic rings. The molecule has 0 bridgehead atoms. The van der Waals surface area contributed by atoms with Gasteiger partial charge in [-0.15, -0.1) is 0 Å². The Morgan fingerprint density at radius 2 is 2.17 bits per heavy atom. The largest absolute Gasteiger partial charge is 0.465 e. The number of esters is 1. The lowest BCUT2D eigenvalue weighted by atomic mass is 9.87. The Bertz CT molecular complexity index is 680. The minimum Gasteiger partial charge on any atom is -0.465 e. The highest BCUT2D eigenvalue weighted by Gasteiger charge is 2.29. The molecule has 1 amide bonds. The summed E-state index contributed by atoms with van der Waals surface area (Å²) in [5.41, 5.74) is 1.37. The van der Waals surface area contributed by atoms with Crippen molar-refractivity contribution in [3.05, 3.63) is 44.9 Å². The van der Waals surface area contributed by atoms with Crippen LogP contribution in [0.15, 0.2) is 39.3 Å². The molecule has 0 aliphatic carbocycles. The zero-order valence-corrected chi connectivity index (χ0v) is 14.9. The molecule has 1 atom stereocenters. The van der Waals surface area contributed by atoms with Gasteiger partial charge < -0.3 is 10.1 Å². The fraction of sp³-hybridized carbons (Fsp3) is 0.312. The summed E-state index contributed by atoms with van der Waals surface area (Å²) in [7, 11) is 0. The van der Waals surface area contributed by atoms with E-state index in [4.69, 9.17) is 4.74 Å². The first-order chi connectivity index (χ1) is 11.0. The van der Waals surface area contributed by atoms with E-state index in [0.29, 0.717) is 17.2 Å². The number of hydrogen-bond acceptors (Lipinski definition) is 5. The fourth-order valence-electron chi connectivity index (χ4n) is 2.25. The van der Waals surface area contributed by atoms with Gasteiger partial charge in [0.2, 0.25) is 5.91 Å². The van der Waals surface area contributed by atoms with Crippen molar-refractivity contribution in [2.75, 3.05) is 12.4 Å². The molecule has 5 nitrogen and oxygen atoms in total. The zero-order valence-electron chi connectivity index (χ0n) is 12.5. The number of thioether (sulfide) groups is 1. The normalized spacial score (nSPS) is 17.4. The lowest BCUT2D eigenvalue weighted by molar-refractivity contribution is -0.139. The van der Waals surface area contributed by atoms with E-state index in [1.54, 1.807) is 6.92 Å². The average Bonchev–Trinajstić information content (AvgIpc) is 2.53. The first-order valence-corrected chi connectivity index (χ1v) is 8.81. The number of nitrogens with one attached hydrogen (secondary N) is 1. The summed E-state index contributed by atoms with van der Waals surface area (Å²) in [6.45, 7) is 2.03. The minimum absolute atomic E-state index is 0.0572. The van der Waals surface area contributed by atoms with Crippen molar-refractivity contribution in [3.8, 4) is 6.07 Å². The molecule has 1 heterocycles. The van der Waals surface area contributed by atoms with Gasteiger partial charge in [0.25, 0.3) is 0 Å². The van der Waals surface area contributed by atoms with Crippen LogP contribution < -0.4 is 5.32 Å². The molecule has 23 heavy (non-hydrogen) atoms. The molecule has 120 valence electrons. The van der Waals surface area contributed by atoms with Crippen molar-refractivity contribution in [3.63, 3.8) is 0 Å². The molecule has 0 aromatic heterocycles. The SMILES string of the molecule is CCOC(=O)CSC1=C(C#N)[C@@H](c2ccc(Br)cc2)CC(=O)N1. The quantitative estimate of drug-likeness (QED) is 0.776. The van der Waals surface area contributed by atoms with Gasteiger partial charge >= 0.3 is 5.97 Å². The molecule has 1 aromatic carbocycles. The highest BCUT2D eigenvalue weighted by atomic mass is 79.9. The number of benzene rings is 1. The van der Waals surface area contributed by atoms with Crippen molar-refractivity contribution in [1.82, 2.24) is 5.32 Å². The van der Waals surface area contributed by atoms with Crippen molar-refractivity contribution >= 4 is 39.6 Å². The maximum atomic E-state index is 12.0. The second kappa shape index (κ2) is 8.18. The van der Waals surface area contributed by atoms with E-state index in [9.17, 15) is 14.9 Å². The number of nitrogens with zero attached hydrogens (tertiary/aromatic N) is 1. The van der Waals surface area contributed by atoms with Gasteiger partial charge in [0.1, 0.15) is 0 Å². The topological polar surface area (TPSA) is 79.2 Å². The lowest BCUT2D eigenvalue weighted by Crippen LogP contribution is -2.31. The fourth-order valence-corrected chi connectivity index (χ4v) is 3.39. The molecule has 0 unspecified atom stereocenters. The number of carbonyl (C=O) groups excluding carboxylic acids is 2. The Kier molecular flexibility index (Phi) is 6.25. The number of allylic oxidation sites excluding steroid dienone is 1. The van der Waals surface area contributed by atoms with E-state index in [2.05, 4.69) is 27.3 Å². The van der Waals surface area contributed by atoms with Gasteiger partial charge in [-0.05, 0) is 24.6 Å². The Morgan fingerprint density at radius 3 is 2.78 bits per heavy atom. The van der Waals surface area contributed by atoms with Crippen LogP contribution in [0.3, 0.4) is 0 Å². The summed E-state index contributed by atoms with van der Waals surface area (Å²) >= 11 is 4.49. The maximum absolute atomic E-state index is 12.0. The molecule has 0 saturated heterocycles. The van der Waals surface area contributed by atoms with Gasteiger partial charge in [0.05, 0.1) is 29.0 Å². The summed E-state index contributed by atoms with van der Waals surface area (Å²) in [4.78, 5) is 23.4. The van der Waals surface area contributed by atoms with Crippen molar-refractivity contribution < 1.29 is 14.3 Å². The third kappa shape index (κ3) is 4.60. The van der Waals surface area contributed by atoms with Crippen LogP contribution in [-0.2, 0) is 14.3 Å². The van der Waals surface area contributed by atoms with Gasteiger partial charge in [0.15, 0.2) is 0 Å². The lowest BCUT2D eigenvalue weighted by Gasteiger charge is -2.25. The Labute approximate surface area is 147 Å². The van der Waals surface area contributed by atoms with Crippen LogP contribution in [0.25, 0.3) is 0 Å². The van der Waals surface area contributed by atoms with E-state index in [0.717, 1.165) is 21.8 Å². The first kappa shape index (κ1) is 17.6. The van der Waals surface area contributed by atoms with Gasteiger partial charge in [-0.25, -0.2) is 0 Å². The smallest absolute Gasteiger partial charge is 0.316 e. The monoisotopic (exact) mass is 394 g/mol. The Hall–Kier alpha value is -1.78. The predicted octanol–water partition coefficient (Wildman–Crippen LogP) is 3.08. The average molecular weight is 395 g/mol. The molecular formula is C16H15BrN2O3S. The second-order valence-electron chi connectivity index (χ2n) is 4.80. The zero-order chi connectivity index (χ0) is 16.8. The van der Waals surface area contributed by atoms with Crippen LogP contribution in [0.2, 0.25) is 0 Å².